The van der Waals surface area contributed by atoms with Crippen LogP contribution in [0.3, 0.4) is 0 Å². The fourth-order valence-corrected chi connectivity index (χ4v) is 3.29. The van der Waals surface area contributed by atoms with E-state index in [2.05, 4.69) is 10.6 Å². The van der Waals surface area contributed by atoms with Crippen LogP contribution in [-0.2, 0) is 11.2 Å². The molecule has 0 saturated carbocycles. The lowest BCUT2D eigenvalue weighted by molar-refractivity contribution is -0.116. The van der Waals surface area contributed by atoms with Gasteiger partial charge in [0, 0.05) is 18.1 Å². The number of carbonyl (C=O) groups excluding carboxylic acids is 1. The van der Waals surface area contributed by atoms with Gasteiger partial charge in [-0.1, -0.05) is 6.07 Å². The van der Waals surface area contributed by atoms with E-state index < -0.39 is 6.04 Å². The van der Waals surface area contributed by atoms with Crippen LogP contribution in [-0.4, -0.2) is 31.8 Å². The number of amides is 1. The Balaban J connectivity index is 1.77. The molecular formula is C22H28N2O4. The minimum absolute atomic E-state index is 0.147. The topological polar surface area (TPSA) is 68.8 Å². The Hall–Kier alpha value is -2.89. The molecule has 2 atom stereocenters. The summed E-state index contributed by atoms with van der Waals surface area (Å²) >= 11 is 0. The van der Waals surface area contributed by atoms with Crippen LogP contribution in [0.2, 0.25) is 0 Å². The molecular weight excluding hydrogens is 356 g/mol. The summed E-state index contributed by atoms with van der Waals surface area (Å²) in [4.78, 5) is 12.7. The fourth-order valence-electron chi connectivity index (χ4n) is 3.29. The predicted molar refractivity (Wildman–Crippen MR) is 111 cm³/mol. The quantitative estimate of drug-likeness (QED) is 0.750. The summed E-state index contributed by atoms with van der Waals surface area (Å²) in [5, 5.41) is 6.19. The number of benzene rings is 2. The van der Waals surface area contributed by atoms with Crippen LogP contribution in [0, 0.1) is 6.92 Å². The molecule has 2 aromatic rings. The Bertz CT molecular complexity index is 866. The van der Waals surface area contributed by atoms with Crippen molar-refractivity contribution in [2.75, 3.05) is 24.4 Å². The number of rotatable bonds is 7. The number of ether oxygens (including phenoxy) is 3. The van der Waals surface area contributed by atoms with E-state index in [1.165, 1.54) is 0 Å². The smallest absolute Gasteiger partial charge is 0.246 e. The number of anilines is 2. The molecule has 3 rings (SSSR count). The van der Waals surface area contributed by atoms with E-state index in [-0.39, 0.29) is 12.0 Å². The minimum atomic E-state index is -0.485. The van der Waals surface area contributed by atoms with Crippen LogP contribution in [0.4, 0.5) is 11.4 Å². The second kappa shape index (κ2) is 8.42. The van der Waals surface area contributed by atoms with Gasteiger partial charge in [0.05, 0.1) is 25.1 Å². The molecule has 1 heterocycles. The molecule has 0 spiro atoms. The molecule has 28 heavy (non-hydrogen) atoms. The normalized spacial score (nSPS) is 16.0. The number of carbonyl (C=O) groups is 1. The Morgan fingerprint density at radius 3 is 2.75 bits per heavy atom. The highest BCUT2D eigenvalue weighted by molar-refractivity contribution is 5.97. The van der Waals surface area contributed by atoms with Crippen molar-refractivity contribution < 1.29 is 19.0 Å². The maximum Gasteiger partial charge on any atom is 0.246 e. The fraction of sp³-hybridized carbons (Fsp3) is 0.409. The maximum atomic E-state index is 12.7. The van der Waals surface area contributed by atoms with Gasteiger partial charge in [-0.2, -0.15) is 0 Å². The lowest BCUT2D eigenvalue weighted by Crippen LogP contribution is -2.32. The predicted octanol–water partition coefficient (Wildman–Crippen LogP) is 4.16. The first-order chi connectivity index (χ1) is 13.4. The van der Waals surface area contributed by atoms with Gasteiger partial charge >= 0.3 is 0 Å². The van der Waals surface area contributed by atoms with Crippen molar-refractivity contribution in [1.82, 2.24) is 0 Å². The highest BCUT2D eigenvalue weighted by atomic mass is 16.5. The zero-order valence-corrected chi connectivity index (χ0v) is 17.1. The van der Waals surface area contributed by atoms with Crippen molar-refractivity contribution in [2.24, 2.45) is 0 Å². The summed E-state index contributed by atoms with van der Waals surface area (Å²) in [6.07, 6.45) is 1.01. The zero-order valence-electron chi connectivity index (χ0n) is 17.1. The summed E-state index contributed by atoms with van der Waals surface area (Å²) in [5.41, 5.74) is 3.56. The molecule has 2 N–H and O–H groups in total. The molecule has 1 amide bonds. The van der Waals surface area contributed by atoms with Gasteiger partial charge in [-0.05, 0) is 51.5 Å². The lowest BCUT2D eigenvalue weighted by Gasteiger charge is -2.19. The third-order valence-electron chi connectivity index (χ3n) is 4.68. The van der Waals surface area contributed by atoms with Crippen molar-refractivity contribution in [3.8, 4) is 17.2 Å². The third kappa shape index (κ3) is 4.32. The summed E-state index contributed by atoms with van der Waals surface area (Å²) in [7, 11) is 1.59. The van der Waals surface area contributed by atoms with E-state index in [1.807, 2.05) is 58.0 Å². The summed E-state index contributed by atoms with van der Waals surface area (Å²) in [5.74, 6) is 2.03. The Labute approximate surface area is 166 Å². The molecule has 0 aromatic heterocycles. The molecule has 6 heteroatoms. The highest BCUT2D eigenvalue weighted by Gasteiger charge is 2.23. The van der Waals surface area contributed by atoms with E-state index in [1.54, 1.807) is 7.11 Å². The molecule has 0 fully saturated rings. The SMILES string of the molecule is CCOc1cc2c(cc1NC(C)C(=O)Nc1cc(C)ccc1OC)OC(C)C2. The molecule has 1 aliphatic rings. The van der Waals surface area contributed by atoms with Crippen LogP contribution < -0.4 is 24.8 Å². The average Bonchev–Trinajstić information content (AvgIpc) is 3.01. The molecule has 2 unspecified atom stereocenters. The average molecular weight is 384 g/mol. The molecule has 2 aromatic carbocycles. The molecule has 1 aliphatic heterocycles. The van der Waals surface area contributed by atoms with Crippen molar-refractivity contribution in [1.29, 1.82) is 0 Å². The monoisotopic (exact) mass is 384 g/mol. The standard InChI is InChI=1S/C22H28N2O4/c1-6-27-21-11-16-10-14(3)28-20(16)12-18(21)23-15(4)22(25)24-17-9-13(2)7-8-19(17)26-5/h7-9,11-12,14-15,23H,6,10H2,1-5H3,(H,24,25). The Morgan fingerprint density at radius 2 is 2.04 bits per heavy atom. The van der Waals surface area contributed by atoms with Crippen LogP contribution in [0.5, 0.6) is 17.2 Å². The maximum absolute atomic E-state index is 12.7. The van der Waals surface area contributed by atoms with Gasteiger partial charge in [0.1, 0.15) is 29.4 Å². The van der Waals surface area contributed by atoms with Crippen molar-refractivity contribution in [3.63, 3.8) is 0 Å². The first-order valence-corrected chi connectivity index (χ1v) is 9.59. The van der Waals surface area contributed by atoms with E-state index in [4.69, 9.17) is 14.2 Å². The van der Waals surface area contributed by atoms with Gasteiger partial charge in [0.15, 0.2) is 0 Å². The van der Waals surface area contributed by atoms with Crippen LogP contribution in [0.1, 0.15) is 31.9 Å². The van der Waals surface area contributed by atoms with Crippen molar-refractivity contribution >= 4 is 17.3 Å². The summed E-state index contributed by atoms with van der Waals surface area (Å²) < 4.78 is 17.0. The van der Waals surface area contributed by atoms with E-state index in [9.17, 15) is 4.79 Å². The number of hydrogen-bond acceptors (Lipinski definition) is 5. The van der Waals surface area contributed by atoms with Crippen molar-refractivity contribution in [3.05, 3.63) is 41.5 Å². The van der Waals surface area contributed by atoms with E-state index in [0.717, 1.165) is 34.7 Å². The minimum Gasteiger partial charge on any atom is -0.495 e. The number of hydrogen-bond donors (Lipinski definition) is 2. The number of methoxy groups -OCH3 is 1. The van der Waals surface area contributed by atoms with Gasteiger partial charge in [-0.3, -0.25) is 4.79 Å². The molecule has 0 radical (unpaired) electrons. The second-order valence-corrected chi connectivity index (χ2v) is 7.08. The highest BCUT2D eigenvalue weighted by Crippen LogP contribution is 2.38. The van der Waals surface area contributed by atoms with Gasteiger partial charge < -0.3 is 24.8 Å². The van der Waals surface area contributed by atoms with Gasteiger partial charge in [0.2, 0.25) is 5.91 Å². The zero-order chi connectivity index (χ0) is 20.3. The molecule has 6 nitrogen and oxygen atoms in total. The Morgan fingerprint density at radius 1 is 1.25 bits per heavy atom. The largest absolute Gasteiger partial charge is 0.495 e. The summed E-state index contributed by atoms with van der Waals surface area (Å²) in [6, 6.07) is 9.10. The second-order valence-electron chi connectivity index (χ2n) is 7.08. The first kappa shape index (κ1) is 19.9. The van der Waals surface area contributed by atoms with E-state index in [0.29, 0.717) is 18.0 Å². The van der Waals surface area contributed by atoms with E-state index >= 15 is 0 Å². The third-order valence-corrected chi connectivity index (χ3v) is 4.68. The van der Waals surface area contributed by atoms with Crippen molar-refractivity contribution in [2.45, 2.75) is 46.3 Å². The summed E-state index contributed by atoms with van der Waals surface area (Å²) in [6.45, 7) is 8.31. The first-order valence-electron chi connectivity index (χ1n) is 9.59. The van der Waals surface area contributed by atoms with Gasteiger partial charge in [0.25, 0.3) is 0 Å². The molecule has 0 saturated heterocycles. The number of nitrogens with one attached hydrogen (secondary N) is 2. The Kier molecular flexibility index (Phi) is 5.97. The number of fused-ring (bicyclic) bond motifs is 1. The van der Waals surface area contributed by atoms with Gasteiger partial charge in [-0.25, -0.2) is 0 Å². The molecule has 0 bridgehead atoms. The lowest BCUT2D eigenvalue weighted by atomic mass is 10.1. The number of aryl methyl sites for hydroxylation is 1. The van der Waals surface area contributed by atoms with Crippen LogP contribution in [0.25, 0.3) is 0 Å². The molecule has 0 aliphatic carbocycles. The van der Waals surface area contributed by atoms with Crippen LogP contribution >= 0.6 is 0 Å². The van der Waals surface area contributed by atoms with Gasteiger partial charge in [-0.15, -0.1) is 0 Å². The molecule has 150 valence electrons. The van der Waals surface area contributed by atoms with Crippen LogP contribution in [0.15, 0.2) is 30.3 Å².